The molecule has 5 heteroatoms. The number of benzene rings is 1. The van der Waals surface area contributed by atoms with E-state index in [1.807, 2.05) is 24.3 Å². The summed E-state index contributed by atoms with van der Waals surface area (Å²) < 4.78 is 0. The van der Waals surface area contributed by atoms with Crippen molar-refractivity contribution in [3.63, 3.8) is 0 Å². The van der Waals surface area contributed by atoms with Gasteiger partial charge in [-0.1, -0.05) is 23.7 Å². The molecule has 0 bridgehead atoms. The van der Waals surface area contributed by atoms with Gasteiger partial charge in [0.1, 0.15) is 4.88 Å². The molecular formula is C14H12ClNO2S. The highest BCUT2D eigenvalue weighted by Gasteiger charge is 2.31. The van der Waals surface area contributed by atoms with E-state index in [2.05, 4.69) is 4.98 Å². The predicted octanol–water partition coefficient (Wildman–Crippen LogP) is 3.96. The number of nitrogens with zero attached hydrogens (tertiary/aromatic N) is 1. The molecule has 0 saturated heterocycles. The average molecular weight is 294 g/mol. The Hall–Kier alpha value is -1.39. The van der Waals surface area contributed by atoms with Crippen molar-refractivity contribution in [3.8, 4) is 0 Å². The fourth-order valence-corrected chi connectivity index (χ4v) is 3.30. The summed E-state index contributed by atoms with van der Waals surface area (Å²) in [5.74, 6) is -0.507. The standard InChI is InChI=1S/C14H12ClNO2S/c15-10-3-1-2-8(6-10)7-11-16-12(9-4-5-9)13(19-11)14(17)18/h1-3,6,9H,4-5,7H2,(H,17,18). The number of carbonyl (C=O) groups is 1. The van der Waals surface area contributed by atoms with Crippen molar-refractivity contribution in [2.45, 2.75) is 25.2 Å². The lowest BCUT2D eigenvalue weighted by molar-refractivity contribution is 0.0700. The quantitative estimate of drug-likeness (QED) is 0.928. The molecule has 1 saturated carbocycles. The Balaban J connectivity index is 1.89. The molecule has 0 spiro atoms. The van der Waals surface area contributed by atoms with Crippen LogP contribution < -0.4 is 0 Å². The van der Waals surface area contributed by atoms with Crippen LogP contribution in [0.5, 0.6) is 0 Å². The molecule has 0 atom stereocenters. The molecule has 0 amide bonds. The lowest BCUT2D eigenvalue weighted by atomic mass is 10.1. The zero-order valence-corrected chi connectivity index (χ0v) is 11.7. The Morgan fingerprint density at radius 3 is 2.89 bits per heavy atom. The zero-order valence-electron chi connectivity index (χ0n) is 10.1. The molecule has 3 rings (SSSR count). The normalized spacial score (nSPS) is 14.6. The number of halogens is 1. The summed E-state index contributed by atoms with van der Waals surface area (Å²) in [7, 11) is 0. The highest BCUT2D eigenvalue weighted by Crippen LogP contribution is 2.42. The average Bonchev–Trinajstić information content (AvgIpc) is 3.11. The molecule has 98 valence electrons. The first-order valence-electron chi connectivity index (χ1n) is 6.11. The number of rotatable bonds is 4. The van der Waals surface area contributed by atoms with Gasteiger partial charge in [-0.2, -0.15) is 0 Å². The van der Waals surface area contributed by atoms with Crippen molar-refractivity contribution >= 4 is 28.9 Å². The molecule has 1 fully saturated rings. The highest BCUT2D eigenvalue weighted by atomic mass is 35.5. The molecule has 3 nitrogen and oxygen atoms in total. The van der Waals surface area contributed by atoms with Crippen LogP contribution in [-0.4, -0.2) is 16.1 Å². The first-order chi connectivity index (χ1) is 9.13. The Labute approximate surface area is 119 Å². The summed E-state index contributed by atoms with van der Waals surface area (Å²) in [6, 6.07) is 7.58. The largest absolute Gasteiger partial charge is 0.477 e. The van der Waals surface area contributed by atoms with Crippen molar-refractivity contribution in [1.82, 2.24) is 4.98 Å². The third-order valence-corrected chi connectivity index (χ3v) is 4.39. The Morgan fingerprint density at radius 2 is 2.26 bits per heavy atom. The number of carboxylic acid groups (broad SMARTS) is 1. The summed E-state index contributed by atoms with van der Waals surface area (Å²) in [5.41, 5.74) is 1.83. The first kappa shape index (κ1) is 12.6. The third-order valence-electron chi connectivity index (χ3n) is 3.10. The zero-order chi connectivity index (χ0) is 13.4. The maximum atomic E-state index is 11.2. The fourth-order valence-electron chi connectivity index (χ4n) is 2.06. The molecule has 19 heavy (non-hydrogen) atoms. The van der Waals surface area contributed by atoms with Gasteiger partial charge in [-0.3, -0.25) is 0 Å². The number of aromatic carboxylic acids is 1. The van der Waals surface area contributed by atoms with Gasteiger partial charge in [-0.05, 0) is 30.5 Å². The van der Waals surface area contributed by atoms with E-state index in [-0.39, 0.29) is 0 Å². The van der Waals surface area contributed by atoms with E-state index in [0.717, 1.165) is 29.1 Å². The molecule has 1 aromatic heterocycles. The molecule has 1 aromatic carbocycles. The maximum absolute atomic E-state index is 11.2. The first-order valence-corrected chi connectivity index (χ1v) is 7.30. The molecule has 0 aliphatic heterocycles. The summed E-state index contributed by atoms with van der Waals surface area (Å²) in [5, 5.41) is 10.8. The second-order valence-corrected chi connectivity index (χ2v) is 6.23. The summed E-state index contributed by atoms with van der Waals surface area (Å²) >= 11 is 7.23. The molecule has 1 aliphatic rings. The summed E-state index contributed by atoms with van der Waals surface area (Å²) in [4.78, 5) is 16.1. The van der Waals surface area contributed by atoms with E-state index in [4.69, 9.17) is 11.6 Å². The smallest absolute Gasteiger partial charge is 0.347 e. The van der Waals surface area contributed by atoms with E-state index in [1.165, 1.54) is 11.3 Å². The van der Waals surface area contributed by atoms with Gasteiger partial charge in [0.15, 0.2) is 0 Å². The number of carboxylic acids is 1. The van der Waals surface area contributed by atoms with E-state index in [9.17, 15) is 9.90 Å². The minimum Gasteiger partial charge on any atom is -0.477 e. The monoisotopic (exact) mass is 293 g/mol. The summed E-state index contributed by atoms with van der Waals surface area (Å²) in [6.45, 7) is 0. The fraction of sp³-hybridized carbons (Fsp3) is 0.286. The van der Waals surface area contributed by atoms with Gasteiger partial charge < -0.3 is 5.11 Å². The lowest BCUT2D eigenvalue weighted by Gasteiger charge is -1.98. The number of hydrogen-bond acceptors (Lipinski definition) is 3. The van der Waals surface area contributed by atoms with E-state index >= 15 is 0 Å². The van der Waals surface area contributed by atoms with E-state index < -0.39 is 5.97 Å². The third kappa shape index (κ3) is 2.80. The van der Waals surface area contributed by atoms with Crippen molar-refractivity contribution in [3.05, 3.63) is 50.4 Å². The van der Waals surface area contributed by atoms with Crippen molar-refractivity contribution in [1.29, 1.82) is 0 Å². The van der Waals surface area contributed by atoms with E-state index in [0.29, 0.717) is 22.2 Å². The van der Waals surface area contributed by atoms with Crippen LogP contribution in [0, 0.1) is 0 Å². The molecule has 2 aromatic rings. The van der Waals surface area contributed by atoms with Crippen LogP contribution in [-0.2, 0) is 6.42 Å². The van der Waals surface area contributed by atoms with Gasteiger partial charge in [0.25, 0.3) is 0 Å². The Kier molecular flexibility index (Phi) is 3.29. The highest BCUT2D eigenvalue weighted by molar-refractivity contribution is 7.13. The number of hydrogen-bond donors (Lipinski definition) is 1. The lowest BCUT2D eigenvalue weighted by Crippen LogP contribution is -1.97. The maximum Gasteiger partial charge on any atom is 0.347 e. The van der Waals surface area contributed by atoms with Gasteiger partial charge in [0.05, 0.1) is 10.7 Å². The minimum atomic E-state index is -0.864. The van der Waals surface area contributed by atoms with Gasteiger partial charge in [-0.25, -0.2) is 9.78 Å². The van der Waals surface area contributed by atoms with Crippen LogP contribution in [0.15, 0.2) is 24.3 Å². The van der Waals surface area contributed by atoms with Crippen molar-refractivity contribution < 1.29 is 9.90 Å². The summed E-state index contributed by atoms with van der Waals surface area (Å²) in [6.07, 6.45) is 2.75. The second-order valence-electron chi connectivity index (χ2n) is 4.71. The molecule has 1 aliphatic carbocycles. The van der Waals surface area contributed by atoms with Crippen LogP contribution in [0.4, 0.5) is 0 Å². The van der Waals surface area contributed by atoms with E-state index in [1.54, 1.807) is 0 Å². The predicted molar refractivity (Wildman–Crippen MR) is 75.3 cm³/mol. The van der Waals surface area contributed by atoms with Crippen LogP contribution in [0.25, 0.3) is 0 Å². The van der Waals surface area contributed by atoms with Crippen molar-refractivity contribution in [2.24, 2.45) is 0 Å². The topological polar surface area (TPSA) is 50.2 Å². The van der Waals surface area contributed by atoms with Gasteiger partial charge in [0.2, 0.25) is 0 Å². The Morgan fingerprint density at radius 1 is 1.47 bits per heavy atom. The molecular weight excluding hydrogens is 282 g/mol. The van der Waals surface area contributed by atoms with Gasteiger partial charge >= 0.3 is 5.97 Å². The van der Waals surface area contributed by atoms with Crippen LogP contribution in [0.2, 0.25) is 5.02 Å². The molecule has 0 radical (unpaired) electrons. The molecule has 1 N–H and O–H groups in total. The SMILES string of the molecule is O=C(O)c1sc(Cc2cccc(Cl)c2)nc1C1CC1. The Bertz CT molecular complexity index is 634. The van der Waals surface area contributed by atoms with Crippen LogP contribution >= 0.6 is 22.9 Å². The van der Waals surface area contributed by atoms with Crippen molar-refractivity contribution in [2.75, 3.05) is 0 Å². The number of thiazole rings is 1. The van der Waals surface area contributed by atoms with Gasteiger partial charge in [-0.15, -0.1) is 11.3 Å². The van der Waals surface area contributed by atoms with Crippen LogP contribution in [0.1, 0.15) is 44.7 Å². The van der Waals surface area contributed by atoms with Gasteiger partial charge in [0, 0.05) is 17.4 Å². The minimum absolute atomic E-state index is 0.357. The second kappa shape index (κ2) is 4.94. The molecule has 1 heterocycles. The van der Waals surface area contributed by atoms with Crippen LogP contribution in [0.3, 0.4) is 0 Å². The number of aromatic nitrogens is 1. The molecule has 0 unspecified atom stereocenters.